The molecule has 136 valence electrons. The van der Waals surface area contributed by atoms with Crippen LogP contribution in [0.1, 0.15) is 42.5 Å². The third kappa shape index (κ3) is 3.53. The van der Waals surface area contributed by atoms with Crippen molar-refractivity contribution >= 4 is 17.6 Å². The zero-order chi connectivity index (χ0) is 18.7. The van der Waals surface area contributed by atoms with Gasteiger partial charge in [-0.2, -0.15) is 5.10 Å². The van der Waals surface area contributed by atoms with Gasteiger partial charge >= 0.3 is 5.97 Å². The molecule has 10 heteroatoms. The number of nitro benzene ring substituents is 1. The summed E-state index contributed by atoms with van der Waals surface area (Å²) in [5, 5.41) is 27.2. The molecule has 0 unspecified atom stereocenters. The molecular weight excluding hydrogens is 342 g/mol. The van der Waals surface area contributed by atoms with Crippen LogP contribution < -0.4 is 5.32 Å². The molecule has 0 bridgehead atoms. The van der Waals surface area contributed by atoms with E-state index in [0.717, 1.165) is 18.9 Å². The van der Waals surface area contributed by atoms with Crippen molar-refractivity contribution in [1.29, 1.82) is 0 Å². The first kappa shape index (κ1) is 17.5. The third-order valence-electron chi connectivity index (χ3n) is 4.53. The van der Waals surface area contributed by atoms with Gasteiger partial charge in [-0.05, 0) is 25.0 Å². The van der Waals surface area contributed by atoms with Crippen LogP contribution in [0.5, 0.6) is 0 Å². The number of carbonyl (C=O) groups excluding carboxylic acids is 1. The van der Waals surface area contributed by atoms with Crippen molar-refractivity contribution in [3.8, 4) is 5.69 Å². The highest BCUT2D eigenvalue weighted by Crippen LogP contribution is 2.33. The smallest absolute Gasteiger partial charge is 0.305 e. The van der Waals surface area contributed by atoms with Gasteiger partial charge in [0.25, 0.3) is 11.6 Å². The Balaban J connectivity index is 1.89. The van der Waals surface area contributed by atoms with Crippen LogP contribution in [-0.4, -0.2) is 42.2 Å². The fourth-order valence-corrected chi connectivity index (χ4v) is 3.34. The highest BCUT2D eigenvalue weighted by atomic mass is 16.6. The van der Waals surface area contributed by atoms with E-state index in [-0.39, 0.29) is 23.4 Å². The summed E-state index contributed by atoms with van der Waals surface area (Å²) in [6, 6.07) is 4.03. The number of nitro groups is 1. The van der Waals surface area contributed by atoms with Gasteiger partial charge in [0.1, 0.15) is 18.3 Å². The Hall–Kier alpha value is -3.30. The van der Waals surface area contributed by atoms with Crippen LogP contribution >= 0.6 is 0 Å². The average Bonchev–Trinajstić information content (AvgIpc) is 3.25. The van der Waals surface area contributed by atoms with Gasteiger partial charge in [-0.25, -0.2) is 9.67 Å². The van der Waals surface area contributed by atoms with Crippen molar-refractivity contribution in [2.45, 2.75) is 37.6 Å². The van der Waals surface area contributed by atoms with Gasteiger partial charge in [-0.3, -0.25) is 19.7 Å². The molecular formula is C16H17N5O5. The van der Waals surface area contributed by atoms with E-state index in [2.05, 4.69) is 15.4 Å². The molecule has 2 N–H and O–H groups in total. The fraction of sp³-hybridized carbons (Fsp3) is 0.375. The lowest BCUT2D eigenvalue weighted by Gasteiger charge is -2.28. The summed E-state index contributed by atoms with van der Waals surface area (Å²) in [5.41, 5.74) is -0.813. The van der Waals surface area contributed by atoms with E-state index in [1.165, 1.54) is 29.5 Å². The molecule has 0 aliphatic heterocycles. The molecule has 0 saturated heterocycles. The molecule has 26 heavy (non-hydrogen) atoms. The van der Waals surface area contributed by atoms with Crippen molar-refractivity contribution in [3.63, 3.8) is 0 Å². The van der Waals surface area contributed by atoms with Crippen molar-refractivity contribution in [2.24, 2.45) is 0 Å². The van der Waals surface area contributed by atoms with Gasteiger partial charge in [0.2, 0.25) is 0 Å². The predicted molar refractivity (Wildman–Crippen MR) is 88.9 cm³/mol. The molecule has 0 atom stereocenters. The lowest BCUT2D eigenvalue weighted by Crippen LogP contribution is -2.47. The maximum absolute atomic E-state index is 12.6. The van der Waals surface area contributed by atoms with Gasteiger partial charge < -0.3 is 10.4 Å². The lowest BCUT2D eigenvalue weighted by atomic mass is 9.92. The summed E-state index contributed by atoms with van der Waals surface area (Å²) < 4.78 is 1.24. The number of carboxylic acid groups (broad SMARTS) is 1. The van der Waals surface area contributed by atoms with Gasteiger partial charge in [-0.15, -0.1) is 0 Å². The summed E-state index contributed by atoms with van der Waals surface area (Å²) in [7, 11) is 0. The molecule has 1 aromatic carbocycles. The molecule has 10 nitrogen and oxygen atoms in total. The fourth-order valence-electron chi connectivity index (χ4n) is 3.34. The van der Waals surface area contributed by atoms with E-state index >= 15 is 0 Å². The molecule has 3 rings (SSSR count). The van der Waals surface area contributed by atoms with E-state index in [0.29, 0.717) is 12.8 Å². The SMILES string of the molecule is O=C(O)CC1(NC(=O)c2ccc(-n3cncn3)c([N+](=O)[O-])c2)CCCC1. The second kappa shape index (κ2) is 6.90. The second-order valence-electron chi connectivity index (χ2n) is 6.31. The molecule has 1 fully saturated rings. The molecule has 1 amide bonds. The summed E-state index contributed by atoms with van der Waals surface area (Å²) in [5.74, 6) is -1.51. The second-order valence-corrected chi connectivity index (χ2v) is 6.31. The Morgan fingerprint density at radius 1 is 1.35 bits per heavy atom. The molecule has 1 aliphatic carbocycles. The van der Waals surface area contributed by atoms with Gasteiger partial charge in [0, 0.05) is 11.6 Å². The normalized spacial score (nSPS) is 15.5. The Morgan fingerprint density at radius 2 is 2.08 bits per heavy atom. The summed E-state index contributed by atoms with van der Waals surface area (Å²) in [6.45, 7) is 0. The molecule has 1 saturated carbocycles. The van der Waals surface area contributed by atoms with Crippen LogP contribution in [-0.2, 0) is 4.79 Å². The minimum atomic E-state index is -0.986. The first-order valence-electron chi connectivity index (χ1n) is 8.08. The average molecular weight is 359 g/mol. The Bertz CT molecular complexity index is 843. The van der Waals surface area contributed by atoms with Gasteiger partial charge in [-0.1, -0.05) is 12.8 Å². The van der Waals surface area contributed by atoms with Crippen molar-refractivity contribution in [2.75, 3.05) is 0 Å². The van der Waals surface area contributed by atoms with E-state index in [1.54, 1.807) is 0 Å². The number of amides is 1. The highest BCUT2D eigenvalue weighted by Gasteiger charge is 2.37. The third-order valence-corrected chi connectivity index (χ3v) is 4.53. The maximum Gasteiger partial charge on any atom is 0.305 e. The van der Waals surface area contributed by atoms with Crippen LogP contribution in [0.4, 0.5) is 5.69 Å². The molecule has 1 aliphatic rings. The van der Waals surface area contributed by atoms with Crippen LogP contribution in [0, 0.1) is 10.1 Å². The number of aromatic nitrogens is 3. The molecule has 0 radical (unpaired) electrons. The van der Waals surface area contributed by atoms with E-state index in [9.17, 15) is 19.7 Å². The highest BCUT2D eigenvalue weighted by molar-refractivity contribution is 5.96. The Kier molecular flexibility index (Phi) is 4.65. The number of nitrogens with one attached hydrogen (secondary N) is 1. The number of nitrogens with zero attached hydrogens (tertiary/aromatic N) is 4. The Labute approximate surface area is 148 Å². The summed E-state index contributed by atoms with van der Waals surface area (Å²) in [4.78, 5) is 38.3. The zero-order valence-electron chi connectivity index (χ0n) is 13.8. The molecule has 1 heterocycles. The van der Waals surface area contributed by atoms with Crippen LogP contribution in [0.2, 0.25) is 0 Å². The lowest BCUT2D eigenvalue weighted by molar-refractivity contribution is -0.384. The number of aliphatic carboxylic acids is 1. The first-order chi connectivity index (χ1) is 12.4. The van der Waals surface area contributed by atoms with Gasteiger partial charge in [0.15, 0.2) is 0 Å². The standard InChI is InChI=1S/C16H17N5O5/c22-14(23)8-16(5-1-2-6-16)19-15(24)11-3-4-12(13(7-11)21(25)26)20-10-17-9-18-20/h3-4,7,9-10H,1-2,5-6,8H2,(H,19,24)(H,22,23). The minimum absolute atomic E-state index is 0.0947. The van der Waals surface area contributed by atoms with E-state index in [4.69, 9.17) is 5.11 Å². The summed E-state index contributed by atoms with van der Waals surface area (Å²) in [6.07, 6.45) is 5.21. The monoisotopic (exact) mass is 359 g/mol. The van der Waals surface area contributed by atoms with Crippen LogP contribution in [0.3, 0.4) is 0 Å². The van der Waals surface area contributed by atoms with E-state index in [1.807, 2.05) is 0 Å². The maximum atomic E-state index is 12.6. The molecule has 2 aromatic rings. The number of carboxylic acids is 1. The number of carbonyl (C=O) groups is 2. The van der Waals surface area contributed by atoms with Crippen molar-refractivity contribution < 1.29 is 19.6 Å². The topological polar surface area (TPSA) is 140 Å². The van der Waals surface area contributed by atoms with Gasteiger partial charge in [0.05, 0.1) is 16.9 Å². The minimum Gasteiger partial charge on any atom is -0.481 e. The first-order valence-corrected chi connectivity index (χ1v) is 8.08. The quantitative estimate of drug-likeness (QED) is 0.590. The molecule has 0 spiro atoms. The van der Waals surface area contributed by atoms with Crippen LogP contribution in [0.25, 0.3) is 5.69 Å². The molecule has 1 aromatic heterocycles. The van der Waals surface area contributed by atoms with E-state index < -0.39 is 22.3 Å². The number of hydrogen-bond donors (Lipinski definition) is 2. The zero-order valence-corrected chi connectivity index (χ0v) is 13.8. The largest absolute Gasteiger partial charge is 0.481 e. The number of rotatable bonds is 6. The van der Waals surface area contributed by atoms with Crippen molar-refractivity contribution in [1.82, 2.24) is 20.1 Å². The summed E-state index contributed by atoms with van der Waals surface area (Å²) >= 11 is 0. The number of hydrogen-bond acceptors (Lipinski definition) is 6. The van der Waals surface area contributed by atoms with Crippen molar-refractivity contribution in [3.05, 3.63) is 46.5 Å². The van der Waals surface area contributed by atoms with Crippen LogP contribution in [0.15, 0.2) is 30.9 Å². The predicted octanol–water partition coefficient (Wildman–Crippen LogP) is 1.69. The number of benzene rings is 1. The Morgan fingerprint density at radius 3 is 2.65 bits per heavy atom.